The normalized spacial score (nSPS) is 16.4. The Morgan fingerprint density at radius 1 is 1.13 bits per heavy atom. The SMILES string of the molecule is O=C(OCCOc1ccccc1Cl)c1ccc(Cl)c(S(=O)(=O)NCC2CCCO2)c1. The molecular weight excluding hydrogens is 453 g/mol. The molecule has 3 rings (SSSR count). The highest BCUT2D eigenvalue weighted by Crippen LogP contribution is 2.24. The lowest BCUT2D eigenvalue weighted by molar-refractivity contribution is 0.0450. The van der Waals surface area contributed by atoms with Gasteiger partial charge in [0, 0.05) is 13.2 Å². The van der Waals surface area contributed by atoms with Crippen molar-refractivity contribution < 1.29 is 27.4 Å². The van der Waals surface area contributed by atoms with Gasteiger partial charge in [0.2, 0.25) is 10.0 Å². The van der Waals surface area contributed by atoms with Crippen LogP contribution in [0.1, 0.15) is 23.2 Å². The maximum atomic E-state index is 12.6. The molecule has 1 aliphatic rings. The van der Waals surface area contributed by atoms with Crippen molar-refractivity contribution in [2.24, 2.45) is 0 Å². The van der Waals surface area contributed by atoms with E-state index in [-0.39, 0.29) is 41.3 Å². The molecule has 1 saturated heterocycles. The van der Waals surface area contributed by atoms with Gasteiger partial charge in [0.15, 0.2) is 0 Å². The Balaban J connectivity index is 1.57. The molecule has 2 aromatic rings. The van der Waals surface area contributed by atoms with Crippen LogP contribution in [0.4, 0.5) is 0 Å². The smallest absolute Gasteiger partial charge is 0.338 e. The number of ether oxygens (including phenoxy) is 3. The molecule has 0 spiro atoms. The lowest BCUT2D eigenvalue weighted by Gasteiger charge is -2.13. The molecule has 1 N–H and O–H groups in total. The molecule has 0 aromatic heterocycles. The monoisotopic (exact) mass is 473 g/mol. The Kier molecular flexibility index (Phi) is 7.96. The number of para-hydroxylation sites is 1. The summed E-state index contributed by atoms with van der Waals surface area (Å²) in [5.41, 5.74) is 0.0645. The Morgan fingerprint density at radius 2 is 1.93 bits per heavy atom. The van der Waals surface area contributed by atoms with Gasteiger partial charge in [0.25, 0.3) is 0 Å². The van der Waals surface area contributed by atoms with E-state index in [1.165, 1.54) is 18.2 Å². The Labute approximate surface area is 185 Å². The van der Waals surface area contributed by atoms with E-state index in [9.17, 15) is 13.2 Å². The van der Waals surface area contributed by atoms with Gasteiger partial charge in [-0.15, -0.1) is 0 Å². The van der Waals surface area contributed by atoms with Crippen molar-refractivity contribution >= 4 is 39.2 Å². The molecule has 0 radical (unpaired) electrons. The summed E-state index contributed by atoms with van der Waals surface area (Å²) in [6, 6.07) is 10.9. The number of halogens is 2. The molecule has 2 aromatic carbocycles. The molecule has 162 valence electrons. The maximum absolute atomic E-state index is 12.6. The molecule has 1 aliphatic heterocycles. The third-order valence-electron chi connectivity index (χ3n) is 4.39. The summed E-state index contributed by atoms with van der Waals surface area (Å²) in [4.78, 5) is 12.1. The van der Waals surface area contributed by atoms with Gasteiger partial charge in [-0.1, -0.05) is 35.3 Å². The van der Waals surface area contributed by atoms with Crippen molar-refractivity contribution in [1.29, 1.82) is 0 Å². The third-order valence-corrected chi connectivity index (χ3v) is 6.61. The van der Waals surface area contributed by atoms with Gasteiger partial charge in [-0.25, -0.2) is 17.9 Å². The highest BCUT2D eigenvalue weighted by Gasteiger charge is 2.23. The summed E-state index contributed by atoms with van der Waals surface area (Å²) < 4.78 is 43.7. The fourth-order valence-corrected chi connectivity index (χ4v) is 4.63. The van der Waals surface area contributed by atoms with Crippen LogP contribution in [0.5, 0.6) is 5.75 Å². The quantitative estimate of drug-likeness (QED) is 0.441. The minimum Gasteiger partial charge on any atom is -0.488 e. The summed E-state index contributed by atoms with van der Waals surface area (Å²) in [6.07, 6.45) is 1.53. The maximum Gasteiger partial charge on any atom is 0.338 e. The van der Waals surface area contributed by atoms with Crippen molar-refractivity contribution in [2.75, 3.05) is 26.4 Å². The second-order valence-electron chi connectivity index (χ2n) is 6.55. The minimum absolute atomic E-state index is 0.00782. The average Bonchev–Trinajstić information content (AvgIpc) is 3.25. The first-order valence-corrected chi connectivity index (χ1v) is 11.6. The Bertz CT molecular complexity index is 993. The number of esters is 1. The first kappa shape index (κ1) is 22.8. The van der Waals surface area contributed by atoms with Gasteiger partial charge in [0.05, 0.1) is 21.7 Å². The van der Waals surface area contributed by atoms with E-state index < -0.39 is 16.0 Å². The minimum atomic E-state index is -3.91. The molecule has 10 heteroatoms. The molecule has 0 bridgehead atoms. The van der Waals surface area contributed by atoms with E-state index in [4.69, 9.17) is 37.4 Å². The number of benzene rings is 2. The van der Waals surface area contributed by atoms with Crippen LogP contribution in [-0.2, 0) is 19.5 Å². The largest absolute Gasteiger partial charge is 0.488 e. The molecule has 30 heavy (non-hydrogen) atoms. The molecular formula is C20H21Cl2NO6S. The zero-order valence-electron chi connectivity index (χ0n) is 16.0. The van der Waals surface area contributed by atoms with Gasteiger partial charge in [-0.05, 0) is 43.2 Å². The van der Waals surface area contributed by atoms with E-state index in [1.807, 2.05) is 0 Å². The van der Waals surface area contributed by atoms with Crippen LogP contribution in [0.15, 0.2) is 47.4 Å². The van der Waals surface area contributed by atoms with E-state index in [0.717, 1.165) is 12.8 Å². The van der Waals surface area contributed by atoms with Crippen LogP contribution < -0.4 is 9.46 Å². The molecule has 7 nitrogen and oxygen atoms in total. The molecule has 1 heterocycles. The van der Waals surface area contributed by atoms with Crippen LogP contribution in [0.2, 0.25) is 10.0 Å². The van der Waals surface area contributed by atoms with Crippen LogP contribution in [-0.4, -0.2) is 46.9 Å². The van der Waals surface area contributed by atoms with E-state index >= 15 is 0 Å². The van der Waals surface area contributed by atoms with E-state index in [2.05, 4.69) is 4.72 Å². The summed E-state index contributed by atoms with van der Waals surface area (Å²) in [5, 5.41) is 0.459. The number of sulfonamides is 1. The van der Waals surface area contributed by atoms with Crippen molar-refractivity contribution in [3.63, 3.8) is 0 Å². The predicted molar refractivity (Wildman–Crippen MR) is 113 cm³/mol. The molecule has 1 atom stereocenters. The van der Waals surface area contributed by atoms with Crippen molar-refractivity contribution in [3.05, 3.63) is 58.1 Å². The number of hydrogen-bond donors (Lipinski definition) is 1. The number of rotatable bonds is 9. The number of carbonyl (C=O) groups is 1. The number of hydrogen-bond acceptors (Lipinski definition) is 6. The number of carbonyl (C=O) groups excluding carboxylic acids is 1. The van der Waals surface area contributed by atoms with Gasteiger partial charge >= 0.3 is 5.97 Å². The Hall–Kier alpha value is -1.84. The molecule has 1 fully saturated rings. The van der Waals surface area contributed by atoms with Crippen molar-refractivity contribution in [1.82, 2.24) is 4.72 Å². The van der Waals surface area contributed by atoms with E-state index in [0.29, 0.717) is 17.4 Å². The predicted octanol–water partition coefficient (Wildman–Crippen LogP) is 3.69. The molecule has 1 unspecified atom stereocenters. The fraction of sp³-hybridized carbons (Fsp3) is 0.350. The van der Waals surface area contributed by atoms with Crippen LogP contribution in [0.25, 0.3) is 0 Å². The zero-order chi connectivity index (χ0) is 21.6. The molecule has 0 saturated carbocycles. The summed E-state index contributed by atoms with van der Waals surface area (Å²) in [7, 11) is -3.91. The van der Waals surface area contributed by atoms with Gasteiger partial charge in [-0.2, -0.15) is 0 Å². The standard InChI is InChI=1S/C20H21Cl2NO6S/c21-16-5-1-2-6-18(16)28-10-11-29-20(24)14-7-8-17(22)19(12-14)30(25,26)23-13-15-4-3-9-27-15/h1-2,5-8,12,15,23H,3-4,9-11,13H2. The van der Waals surface area contributed by atoms with Crippen molar-refractivity contribution in [2.45, 2.75) is 23.8 Å². The lowest BCUT2D eigenvalue weighted by atomic mass is 10.2. The summed E-state index contributed by atoms with van der Waals surface area (Å²) in [6.45, 7) is 0.824. The van der Waals surface area contributed by atoms with E-state index in [1.54, 1.807) is 24.3 Å². The second-order valence-corrected chi connectivity index (χ2v) is 9.10. The average molecular weight is 474 g/mol. The van der Waals surface area contributed by atoms with Crippen LogP contribution in [0, 0.1) is 0 Å². The van der Waals surface area contributed by atoms with Gasteiger partial charge in [-0.3, -0.25) is 0 Å². The van der Waals surface area contributed by atoms with Gasteiger partial charge in [0.1, 0.15) is 23.9 Å². The van der Waals surface area contributed by atoms with Crippen molar-refractivity contribution in [3.8, 4) is 5.75 Å². The molecule has 0 aliphatic carbocycles. The highest BCUT2D eigenvalue weighted by atomic mass is 35.5. The first-order valence-electron chi connectivity index (χ1n) is 9.32. The third kappa shape index (κ3) is 6.09. The first-order chi connectivity index (χ1) is 14.4. The fourth-order valence-electron chi connectivity index (χ4n) is 2.85. The Morgan fingerprint density at radius 3 is 2.67 bits per heavy atom. The zero-order valence-corrected chi connectivity index (χ0v) is 18.3. The second kappa shape index (κ2) is 10.5. The highest BCUT2D eigenvalue weighted by molar-refractivity contribution is 7.89. The molecule has 0 amide bonds. The summed E-state index contributed by atoms with van der Waals surface area (Å²) >= 11 is 12.0. The topological polar surface area (TPSA) is 90.9 Å². The van der Waals surface area contributed by atoms with Gasteiger partial charge < -0.3 is 14.2 Å². The lowest BCUT2D eigenvalue weighted by Crippen LogP contribution is -2.32. The summed E-state index contributed by atoms with van der Waals surface area (Å²) in [5.74, 6) is -0.211. The number of nitrogens with one attached hydrogen (secondary N) is 1. The van der Waals surface area contributed by atoms with Crippen LogP contribution in [0.3, 0.4) is 0 Å². The van der Waals surface area contributed by atoms with Crippen LogP contribution >= 0.6 is 23.2 Å².